The zero-order valence-corrected chi connectivity index (χ0v) is 11.6. The predicted octanol–water partition coefficient (Wildman–Crippen LogP) is 1.26. The Bertz CT molecular complexity index is 607. The van der Waals surface area contributed by atoms with Crippen molar-refractivity contribution in [1.29, 1.82) is 0 Å². The van der Waals surface area contributed by atoms with Crippen LogP contribution in [-0.2, 0) is 13.0 Å². The largest absolute Gasteiger partial charge is 0.486 e. The maximum Gasteiger partial charge on any atom is 0.163 e. The van der Waals surface area contributed by atoms with Gasteiger partial charge < -0.3 is 25.5 Å². The molecule has 0 saturated heterocycles. The molecular weight excluding hydrogens is 254 g/mol. The smallest absolute Gasteiger partial charge is 0.163 e. The molecule has 0 aliphatic carbocycles. The van der Waals surface area contributed by atoms with E-state index in [0.29, 0.717) is 26.3 Å². The van der Waals surface area contributed by atoms with E-state index >= 15 is 0 Å². The molecule has 1 aromatic carbocycles. The number of nitrogens with two attached hydrogens (primary N) is 2. The molecule has 0 unspecified atom stereocenters. The lowest BCUT2D eigenvalue weighted by Crippen LogP contribution is -2.15. The minimum Gasteiger partial charge on any atom is -0.486 e. The normalized spacial score (nSPS) is 13.9. The molecule has 108 valence electrons. The van der Waals surface area contributed by atoms with Crippen LogP contribution < -0.4 is 20.9 Å². The van der Waals surface area contributed by atoms with Gasteiger partial charge in [-0.1, -0.05) is 0 Å². The lowest BCUT2D eigenvalue weighted by Gasteiger charge is -2.18. The minimum absolute atomic E-state index is 0.607. The Balaban J connectivity index is 2.09. The minimum atomic E-state index is 0.607. The highest BCUT2D eigenvalue weighted by Crippen LogP contribution is 2.36. The van der Waals surface area contributed by atoms with E-state index in [-0.39, 0.29) is 0 Å². The van der Waals surface area contributed by atoms with Gasteiger partial charge in [-0.05, 0) is 31.0 Å². The average molecular weight is 275 g/mol. The molecule has 1 aromatic heterocycles. The van der Waals surface area contributed by atoms with E-state index in [1.807, 2.05) is 0 Å². The summed E-state index contributed by atoms with van der Waals surface area (Å²) in [5, 5.41) is 1.22. The fraction of sp³-hybridized carbons (Fsp3) is 0.467. The van der Waals surface area contributed by atoms with Crippen molar-refractivity contribution in [1.82, 2.24) is 4.57 Å². The third-order valence-corrected chi connectivity index (χ3v) is 3.65. The highest BCUT2D eigenvalue weighted by atomic mass is 16.6. The number of rotatable bonds is 5. The van der Waals surface area contributed by atoms with Crippen molar-refractivity contribution in [2.45, 2.75) is 19.4 Å². The van der Waals surface area contributed by atoms with Crippen molar-refractivity contribution in [3.05, 3.63) is 23.9 Å². The van der Waals surface area contributed by atoms with E-state index in [9.17, 15) is 0 Å². The first kappa shape index (κ1) is 13.3. The SMILES string of the molecule is NCCCc1cn(CCN)c2cc3c(cc12)OCCO3. The maximum atomic E-state index is 5.70. The molecule has 2 aromatic rings. The molecule has 20 heavy (non-hydrogen) atoms. The lowest BCUT2D eigenvalue weighted by atomic mass is 10.1. The van der Waals surface area contributed by atoms with Crippen LogP contribution in [-0.4, -0.2) is 30.9 Å². The summed E-state index contributed by atoms with van der Waals surface area (Å²) in [7, 11) is 0. The molecule has 4 N–H and O–H groups in total. The van der Waals surface area contributed by atoms with Gasteiger partial charge in [0.15, 0.2) is 11.5 Å². The van der Waals surface area contributed by atoms with Gasteiger partial charge in [0.1, 0.15) is 13.2 Å². The van der Waals surface area contributed by atoms with Crippen LogP contribution in [0.3, 0.4) is 0 Å². The third-order valence-electron chi connectivity index (χ3n) is 3.65. The van der Waals surface area contributed by atoms with Crippen molar-refractivity contribution in [2.24, 2.45) is 11.5 Å². The molecule has 0 radical (unpaired) electrons. The second kappa shape index (κ2) is 5.73. The Kier molecular flexibility index (Phi) is 3.80. The van der Waals surface area contributed by atoms with Gasteiger partial charge in [0, 0.05) is 30.7 Å². The van der Waals surface area contributed by atoms with Crippen molar-refractivity contribution < 1.29 is 9.47 Å². The van der Waals surface area contributed by atoms with Crippen LogP contribution in [0.1, 0.15) is 12.0 Å². The molecule has 5 heteroatoms. The van der Waals surface area contributed by atoms with Crippen LogP contribution >= 0.6 is 0 Å². The lowest BCUT2D eigenvalue weighted by molar-refractivity contribution is 0.172. The van der Waals surface area contributed by atoms with Gasteiger partial charge in [-0.15, -0.1) is 0 Å². The molecule has 2 heterocycles. The highest BCUT2D eigenvalue weighted by molar-refractivity contribution is 5.87. The van der Waals surface area contributed by atoms with E-state index < -0.39 is 0 Å². The first-order chi connectivity index (χ1) is 9.83. The molecule has 0 saturated carbocycles. The van der Waals surface area contributed by atoms with Gasteiger partial charge in [0.25, 0.3) is 0 Å². The number of hydrogen-bond donors (Lipinski definition) is 2. The van der Waals surface area contributed by atoms with Gasteiger partial charge in [-0.3, -0.25) is 0 Å². The van der Waals surface area contributed by atoms with Crippen LogP contribution in [0.15, 0.2) is 18.3 Å². The van der Waals surface area contributed by atoms with Crippen LogP contribution in [0.5, 0.6) is 11.5 Å². The molecule has 0 atom stereocenters. The molecule has 1 aliphatic rings. The summed E-state index contributed by atoms with van der Waals surface area (Å²) in [6.07, 6.45) is 4.14. The van der Waals surface area contributed by atoms with E-state index in [1.54, 1.807) is 0 Å². The molecule has 1 aliphatic heterocycles. The van der Waals surface area contributed by atoms with Gasteiger partial charge in [0.2, 0.25) is 0 Å². The molecular formula is C15H21N3O2. The van der Waals surface area contributed by atoms with Crippen molar-refractivity contribution in [2.75, 3.05) is 26.3 Å². The first-order valence-electron chi connectivity index (χ1n) is 7.15. The molecule has 0 spiro atoms. The van der Waals surface area contributed by atoms with Crippen LogP contribution in [0.25, 0.3) is 10.9 Å². The number of ether oxygens (including phenoxy) is 2. The van der Waals surface area contributed by atoms with E-state index in [2.05, 4.69) is 22.9 Å². The summed E-state index contributed by atoms with van der Waals surface area (Å²) in [5.41, 5.74) is 13.8. The summed E-state index contributed by atoms with van der Waals surface area (Å²) >= 11 is 0. The zero-order valence-electron chi connectivity index (χ0n) is 11.6. The second-order valence-electron chi connectivity index (χ2n) is 5.04. The number of aromatic nitrogens is 1. The summed E-state index contributed by atoms with van der Waals surface area (Å²) in [6.45, 7) is 3.34. The molecule has 3 rings (SSSR count). The van der Waals surface area contributed by atoms with E-state index in [0.717, 1.165) is 36.4 Å². The Labute approximate surface area is 118 Å². The molecule has 0 amide bonds. The fourth-order valence-electron chi connectivity index (χ4n) is 2.72. The van der Waals surface area contributed by atoms with E-state index in [4.69, 9.17) is 20.9 Å². The summed E-state index contributed by atoms with van der Waals surface area (Å²) < 4.78 is 13.5. The van der Waals surface area contributed by atoms with Gasteiger partial charge in [0.05, 0.1) is 5.52 Å². The monoisotopic (exact) mass is 275 g/mol. The van der Waals surface area contributed by atoms with Crippen molar-refractivity contribution in [3.63, 3.8) is 0 Å². The van der Waals surface area contributed by atoms with Crippen molar-refractivity contribution in [3.8, 4) is 11.5 Å². The fourth-order valence-corrected chi connectivity index (χ4v) is 2.72. The van der Waals surface area contributed by atoms with Gasteiger partial charge >= 0.3 is 0 Å². The zero-order chi connectivity index (χ0) is 13.9. The molecule has 5 nitrogen and oxygen atoms in total. The third kappa shape index (κ3) is 2.34. The standard InChI is InChI=1S/C15H21N3O2/c16-3-1-2-11-10-18(5-4-17)13-9-15-14(8-12(11)13)19-6-7-20-15/h8-10H,1-7,16-17H2. The molecule has 0 fully saturated rings. The highest BCUT2D eigenvalue weighted by Gasteiger charge is 2.16. The van der Waals surface area contributed by atoms with Crippen LogP contribution in [0.2, 0.25) is 0 Å². The Morgan fingerprint density at radius 2 is 1.80 bits per heavy atom. The number of nitrogens with zero attached hydrogens (tertiary/aromatic N) is 1. The predicted molar refractivity (Wildman–Crippen MR) is 79.4 cm³/mol. The summed E-state index contributed by atoms with van der Waals surface area (Å²) in [5.74, 6) is 1.66. The van der Waals surface area contributed by atoms with Crippen LogP contribution in [0, 0.1) is 0 Å². The van der Waals surface area contributed by atoms with Crippen LogP contribution in [0.4, 0.5) is 0 Å². The number of benzene rings is 1. The number of hydrogen-bond acceptors (Lipinski definition) is 4. The Morgan fingerprint density at radius 1 is 1.05 bits per heavy atom. The van der Waals surface area contributed by atoms with Crippen molar-refractivity contribution >= 4 is 10.9 Å². The van der Waals surface area contributed by atoms with Gasteiger partial charge in [-0.25, -0.2) is 0 Å². The number of aryl methyl sites for hydroxylation is 1. The molecule has 0 bridgehead atoms. The summed E-state index contributed by atoms with van der Waals surface area (Å²) in [6, 6.07) is 4.15. The Morgan fingerprint density at radius 3 is 2.50 bits per heavy atom. The average Bonchev–Trinajstić information content (AvgIpc) is 2.81. The second-order valence-corrected chi connectivity index (χ2v) is 5.04. The topological polar surface area (TPSA) is 75.4 Å². The number of fused-ring (bicyclic) bond motifs is 2. The quantitative estimate of drug-likeness (QED) is 0.861. The van der Waals surface area contributed by atoms with Gasteiger partial charge in [-0.2, -0.15) is 0 Å². The Hall–Kier alpha value is -1.72. The maximum absolute atomic E-state index is 5.70. The first-order valence-corrected chi connectivity index (χ1v) is 7.15. The summed E-state index contributed by atoms with van der Waals surface area (Å²) in [4.78, 5) is 0. The van der Waals surface area contributed by atoms with E-state index in [1.165, 1.54) is 10.9 Å².